The Kier molecular flexibility index (Phi) is 5.97. The predicted octanol–water partition coefficient (Wildman–Crippen LogP) is 7.73. The van der Waals surface area contributed by atoms with Crippen LogP contribution in [0, 0.1) is 11.8 Å². The van der Waals surface area contributed by atoms with Gasteiger partial charge in [-0.25, -0.2) is 4.98 Å². The van der Waals surface area contributed by atoms with Crippen LogP contribution in [0.1, 0.15) is 11.1 Å². The van der Waals surface area contributed by atoms with Gasteiger partial charge in [-0.3, -0.25) is 4.98 Å². The van der Waals surface area contributed by atoms with E-state index in [1.165, 1.54) is 43.5 Å². The molecule has 0 spiro atoms. The minimum absolute atomic E-state index is 0.248. The second kappa shape index (κ2) is 10.2. The number of hydrogen-bond acceptors (Lipinski definition) is 2. The minimum atomic E-state index is 0.248. The second-order valence-electron chi connectivity index (χ2n) is 10.9. The molecule has 0 amide bonds. The molecule has 2 atom stereocenters. The van der Waals surface area contributed by atoms with E-state index in [-0.39, 0.29) is 11.8 Å². The molecule has 2 aliphatic rings. The van der Waals surface area contributed by atoms with Crippen LogP contribution >= 0.6 is 0 Å². The zero-order valence-electron chi connectivity index (χ0n) is 23.1. The third kappa shape index (κ3) is 4.12. The van der Waals surface area contributed by atoms with Gasteiger partial charge in [-0.1, -0.05) is 121 Å². The fourth-order valence-electron chi connectivity index (χ4n) is 6.70. The number of allylic oxidation sites excluding steroid dienone is 4. The van der Waals surface area contributed by atoms with E-state index >= 15 is 0 Å². The lowest BCUT2D eigenvalue weighted by atomic mass is 9.69. The van der Waals surface area contributed by atoms with Crippen molar-refractivity contribution in [3.8, 4) is 22.5 Å². The van der Waals surface area contributed by atoms with Crippen LogP contribution in [-0.2, 0) is 0 Å². The number of aromatic nitrogens is 2. The fraction of sp³-hybridized carbons (Fsp3) is 0.0500. The van der Waals surface area contributed by atoms with Gasteiger partial charge >= 0.3 is 0 Å². The summed E-state index contributed by atoms with van der Waals surface area (Å²) in [6, 6.07) is 43.6. The normalized spacial score (nSPS) is 17.2. The molecule has 2 unspecified atom stereocenters. The first-order chi connectivity index (χ1) is 20.8. The predicted molar refractivity (Wildman–Crippen MR) is 173 cm³/mol. The van der Waals surface area contributed by atoms with Gasteiger partial charge in [0.1, 0.15) is 0 Å². The van der Waals surface area contributed by atoms with Gasteiger partial charge in [0.25, 0.3) is 0 Å². The summed E-state index contributed by atoms with van der Waals surface area (Å²) in [6.45, 7) is 0. The van der Waals surface area contributed by atoms with Gasteiger partial charge in [0.2, 0.25) is 0 Å². The number of nitrogens with zero attached hydrogens (tertiary/aromatic N) is 2. The molecule has 2 heterocycles. The average Bonchev–Trinajstić information content (AvgIpc) is 3.07. The molecular weight excluding hydrogens is 508 g/mol. The van der Waals surface area contributed by atoms with Crippen LogP contribution in [-0.4, -0.2) is 9.97 Å². The molecule has 0 saturated heterocycles. The van der Waals surface area contributed by atoms with E-state index in [4.69, 9.17) is 4.98 Å². The maximum atomic E-state index is 4.97. The zero-order chi connectivity index (χ0) is 27.9. The molecule has 0 fully saturated rings. The highest BCUT2D eigenvalue weighted by molar-refractivity contribution is 5.96. The Morgan fingerprint density at radius 3 is 1.79 bits per heavy atom. The molecule has 8 rings (SSSR count). The van der Waals surface area contributed by atoms with Gasteiger partial charge in [-0.05, 0) is 67.7 Å². The van der Waals surface area contributed by atoms with Crippen LogP contribution in [0.25, 0.3) is 44.4 Å². The lowest BCUT2D eigenvalue weighted by Gasteiger charge is -2.33. The molecule has 2 aromatic heterocycles. The maximum Gasteiger partial charge on any atom is 0.0710 e. The van der Waals surface area contributed by atoms with Gasteiger partial charge < -0.3 is 0 Å². The van der Waals surface area contributed by atoms with Crippen LogP contribution in [0.15, 0.2) is 158 Å². The molecule has 198 valence electrons. The first kappa shape index (κ1) is 24.5. The van der Waals surface area contributed by atoms with Crippen molar-refractivity contribution >= 4 is 21.9 Å². The van der Waals surface area contributed by atoms with Gasteiger partial charge in [0.05, 0.1) is 11.4 Å². The summed E-state index contributed by atoms with van der Waals surface area (Å²) in [7, 11) is 0. The summed E-state index contributed by atoms with van der Waals surface area (Å²) in [6.07, 6.45) is 12.8. The number of pyridine rings is 2. The molecule has 0 bridgehead atoms. The van der Waals surface area contributed by atoms with Crippen molar-refractivity contribution in [3.63, 3.8) is 0 Å². The molecule has 0 aliphatic heterocycles. The van der Waals surface area contributed by atoms with Crippen LogP contribution in [0.3, 0.4) is 0 Å². The molecule has 0 radical (unpaired) electrons. The summed E-state index contributed by atoms with van der Waals surface area (Å²) >= 11 is 0. The highest BCUT2D eigenvalue weighted by Gasteiger charge is 2.32. The molecule has 6 aromatic rings. The Morgan fingerprint density at radius 1 is 0.452 bits per heavy atom. The monoisotopic (exact) mass is 536 g/mol. The van der Waals surface area contributed by atoms with E-state index in [1.807, 2.05) is 24.5 Å². The number of hydrogen-bond donors (Lipinski definition) is 0. The largest absolute Gasteiger partial charge is 0.265 e. The van der Waals surface area contributed by atoms with Crippen LogP contribution in [0.2, 0.25) is 0 Å². The molecule has 42 heavy (non-hydrogen) atoms. The molecule has 0 N–H and O–H groups in total. The summed E-state index contributed by atoms with van der Waals surface area (Å²) in [4.78, 5) is 9.11. The standard InChI is InChI=1S/C40H28N2/c1-2-11-31-27(9-1)10-7-16-32(31)40-35-14-5-3-12-33(35)39(34-13-4-6-15-36(34)40)30-21-19-28(20-22-30)37-17-8-18-38(42-37)29-23-25-41-26-24-29/h1-26,33,35H. The third-order valence-corrected chi connectivity index (χ3v) is 8.61. The lowest BCUT2D eigenvalue weighted by molar-refractivity contribution is 0.687. The molecular formula is C40H28N2. The minimum Gasteiger partial charge on any atom is -0.265 e. The van der Waals surface area contributed by atoms with Gasteiger partial charge in [-0.15, -0.1) is 0 Å². The first-order valence-electron chi connectivity index (χ1n) is 14.5. The van der Waals surface area contributed by atoms with Crippen molar-refractivity contribution in [2.45, 2.75) is 0 Å². The summed E-state index contributed by atoms with van der Waals surface area (Å²) in [5.41, 5.74) is 9.46. The topological polar surface area (TPSA) is 25.8 Å². The molecule has 2 aliphatic carbocycles. The van der Waals surface area contributed by atoms with Crippen molar-refractivity contribution in [1.29, 1.82) is 0 Å². The van der Waals surface area contributed by atoms with Crippen LogP contribution in [0.4, 0.5) is 0 Å². The highest BCUT2D eigenvalue weighted by Crippen LogP contribution is 2.42. The van der Waals surface area contributed by atoms with E-state index in [2.05, 4.69) is 138 Å². The van der Waals surface area contributed by atoms with Crippen molar-refractivity contribution in [1.82, 2.24) is 9.97 Å². The average molecular weight is 537 g/mol. The van der Waals surface area contributed by atoms with E-state index in [0.29, 0.717) is 0 Å². The van der Waals surface area contributed by atoms with Gasteiger partial charge in [-0.2, -0.15) is 0 Å². The Bertz CT molecular complexity index is 2130. The maximum absolute atomic E-state index is 4.97. The molecule has 4 aromatic carbocycles. The third-order valence-electron chi connectivity index (χ3n) is 8.61. The van der Waals surface area contributed by atoms with Crippen molar-refractivity contribution < 1.29 is 0 Å². The first-order valence-corrected chi connectivity index (χ1v) is 14.5. The quantitative estimate of drug-likeness (QED) is 0.230. The van der Waals surface area contributed by atoms with Crippen molar-refractivity contribution in [2.24, 2.45) is 11.8 Å². The Morgan fingerprint density at radius 2 is 1.02 bits per heavy atom. The van der Waals surface area contributed by atoms with Crippen LogP contribution < -0.4 is 10.4 Å². The smallest absolute Gasteiger partial charge is 0.0710 e. The molecule has 2 heteroatoms. The summed E-state index contributed by atoms with van der Waals surface area (Å²) < 4.78 is 0. The van der Waals surface area contributed by atoms with Gasteiger partial charge in [0.15, 0.2) is 0 Å². The zero-order valence-corrected chi connectivity index (χ0v) is 23.1. The highest BCUT2D eigenvalue weighted by atomic mass is 14.7. The Hall–Kier alpha value is -5.34. The van der Waals surface area contributed by atoms with Gasteiger partial charge in [0, 0.05) is 35.4 Å². The number of benzene rings is 4. The number of rotatable bonds is 4. The van der Waals surface area contributed by atoms with Crippen molar-refractivity contribution in [2.75, 3.05) is 0 Å². The van der Waals surface area contributed by atoms with E-state index in [9.17, 15) is 0 Å². The van der Waals surface area contributed by atoms with E-state index in [1.54, 1.807) is 0 Å². The Balaban J connectivity index is 1.30. The SMILES string of the molecule is C1=CC2C(c3ccc(-c4cccc(-c5ccncc5)n4)cc3)=c3ccccc3=C(c3cccc4ccccc34)C2C=C1. The lowest BCUT2D eigenvalue weighted by Crippen LogP contribution is -2.40. The summed E-state index contributed by atoms with van der Waals surface area (Å²) in [5.74, 6) is 0.502. The Labute approximate surface area is 245 Å². The molecule has 0 saturated carbocycles. The van der Waals surface area contributed by atoms with E-state index in [0.717, 1.165) is 22.5 Å². The second-order valence-corrected chi connectivity index (χ2v) is 10.9. The van der Waals surface area contributed by atoms with E-state index < -0.39 is 0 Å². The molecule has 2 nitrogen and oxygen atoms in total. The summed E-state index contributed by atoms with van der Waals surface area (Å²) in [5, 5.41) is 5.22. The van der Waals surface area contributed by atoms with Crippen LogP contribution in [0.5, 0.6) is 0 Å². The number of fused-ring (bicyclic) bond motifs is 3. The fourth-order valence-corrected chi connectivity index (χ4v) is 6.70. The van der Waals surface area contributed by atoms with Crippen molar-refractivity contribution in [3.05, 3.63) is 180 Å².